The van der Waals surface area contributed by atoms with E-state index in [2.05, 4.69) is 33.4 Å². The third kappa shape index (κ3) is 22.0. The van der Waals surface area contributed by atoms with E-state index < -0.39 is 0 Å². The van der Waals surface area contributed by atoms with Gasteiger partial charge in [0.2, 0.25) is 0 Å². The lowest BCUT2D eigenvalue weighted by Gasteiger charge is -2.13. The second-order valence-corrected chi connectivity index (χ2v) is 9.75. The third-order valence-corrected chi connectivity index (χ3v) is 6.55. The largest absolute Gasteiger partial charge is 0.103 e. The predicted octanol–water partition coefficient (Wildman–Crippen LogP) is 10.7. The van der Waals surface area contributed by atoms with Gasteiger partial charge in [-0.25, -0.2) is 0 Å². The fraction of sp³-hybridized carbons (Fsp3) is 0.929. The van der Waals surface area contributed by atoms with E-state index in [4.69, 9.17) is 0 Å². The standard InChI is InChI=1S/C28H56/c1-5-7-9-11-12-13-14-15-17-20-24-28(4)26-22-18-21-25-27(3)23-19-16-10-8-6-2/h5,27-28H,1,6-26H2,2-4H3. The zero-order chi connectivity index (χ0) is 20.7. The van der Waals surface area contributed by atoms with Gasteiger partial charge in [0.1, 0.15) is 0 Å². The molecule has 0 spiro atoms. The lowest BCUT2D eigenvalue weighted by Crippen LogP contribution is -1.97. The molecule has 168 valence electrons. The summed E-state index contributed by atoms with van der Waals surface area (Å²) in [6.07, 6.45) is 32.2. The number of hydrogen-bond acceptors (Lipinski definition) is 0. The molecule has 0 bridgehead atoms. The summed E-state index contributed by atoms with van der Waals surface area (Å²) in [7, 11) is 0. The van der Waals surface area contributed by atoms with E-state index in [9.17, 15) is 0 Å². The molecule has 0 heterocycles. The number of unbranched alkanes of at least 4 members (excludes halogenated alkanes) is 14. The Bertz CT molecular complexity index is 292. The highest BCUT2D eigenvalue weighted by Crippen LogP contribution is 2.21. The molecule has 0 fully saturated rings. The molecule has 0 rings (SSSR count). The van der Waals surface area contributed by atoms with Crippen molar-refractivity contribution in [2.45, 2.75) is 156 Å². The van der Waals surface area contributed by atoms with Gasteiger partial charge in [-0.15, -0.1) is 6.58 Å². The van der Waals surface area contributed by atoms with Crippen molar-refractivity contribution in [3.63, 3.8) is 0 Å². The minimum absolute atomic E-state index is 0.954. The Labute approximate surface area is 180 Å². The van der Waals surface area contributed by atoms with Crippen LogP contribution < -0.4 is 0 Å². The summed E-state index contributed by atoms with van der Waals surface area (Å²) in [6.45, 7) is 11.1. The number of allylic oxidation sites excluding steroid dienone is 1. The Hall–Kier alpha value is -0.260. The first kappa shape index (κ1) is 27.7. The van der Waals surface area contributed by atoms with E-state index in [1.165, 1.54) is 135 Å². The molecule has 0 N–H and O–H groups in total. The van der Waals surface area contributed by atoms with Crippen LogP contribution in [0.1, 0.15) is 156 Å². The van der Waals surface area contributed by atoms with Crippen molar-refractivity contribution in [2.75, 3.05) is 0 Å². The maximum Gasteiger partial charge on any atom is -0.0353 e. The Morgan fingerprint density at radius 2 is 0.821 bits per heavy atom. The molecule has 0 saturated heterocycles. The van der Waals surface area contributed by atoms with E-state index in [1.807, 2.05) is 0 Å². The van der Waals surface area contributed by atoms with Crippen molar-refractivity contribution in [1.29, 1.82) is 0 Å². The van der Waals surface area contributed by atoms with Gasteiger partial charge in [-0.1, -0.05) is 149 Å². The summed E-state index contributed by atoms with van der Waals surface area (Å²) in [6, 6.07) is 0. The summed E-state index contributed by atoms with van der Waals surface area (Å²) in [5.41, 5.74) is 0. The van der Waals surface area contributed by atoms with Gasteiger partial charge in [0.05, 0.1) is 0 Å². The molecule has 0 saturated carbocycles. The fourth-order valence-electron chi connectivity index (χ4n) is 4.39. The van der Waals surface area contributed by atoms with E-state index in [0.29, 0.717) is 0 Å². The SMILES string of the molecule is C=CCCCCCCCCCCC(C)CCCCCC(C)CCCCCCC. The van der Waals surface area contributed by atoms with Gasteiger partial charge in [-0.3, -0.25) is 0 Å². The Morgan fingerprint density at radius 1 is 0.500 bits per heavy atom. The summed E-state index contributed by atoms with van der Waals surface area (Å²) >= 11 is 0. The lowest BCUT2D eigenvalue weighted by molar-refractivity contribution is 0.407. The molecule has 0 aliphatic carbocycles. The van der Waals surface area contributed by atoms with Crippen LogP contribution in [0.4, 0.5) is 0 Å². The number of hydrogen-bond donors (Lipinski definition) is 0. The van der Waals surface area contributed by atoms with Crippen LogP contribution in [0.25, 0.3) is 0 Å². The van der Waals surface area contributed by atoms with Gasteiger partial charge < -0.3 is 0 Å². The van der Waals surface area contributed by atoms with Gasteiger partial charge in [0.15, 0.2) is 0 Å². The molecular formula is C28H56. The fourth-order valence-corrected chi connectivity index (χ4v) is 4.39. The Morgan fingerprint density at radius 3 is 1.21 bits per heavy atom. The van der Waals surface area contributed by atoms with Gasteiger partial charge in [-0.05, 0) is 24.7 Å². The van der Waals surface area contributed by atoms with Crippen molar-refractivity contribution < 1.29 is 0 Å². The summed E-state index contributed by atoms with van der Waals surface area (Å²) < 4.78 is 0. The van der Waals surface area contributed by atoms with Crippen LogP contribution in [-0.4, -0.2) is 0 Å². The molecule has 0 radical (unpaired) electrons. The zero-order valence-electron chi connectivity index (χ0n) is 20.3. The van der Waals surface area contributed by atoms with Crippen LogP contribution in [0.3, 0.4) is 0 Å². The monoisotopic (exact) mass is 392 g/mol. The van der Waals surface area contributed by atoms with Gasteiger partial charge in [-0.2, -0.15) is 0 Å². The second kappa shape index (κ2) is 23.0. The highest BCUT2D eigenvalue weighted by Gasteiger charge is 2.04. The van der Waals surface area contributed by atoms with Crippen LogP contribution in [0, 0.1) is 11.8 Å². The zero-order valence-corrected chi connectivity index (χ0v) is 20.3. The molecule has 0 nitrogen and oxygen atoms in total. The first-order chi connectivity index (χ1) is 13.7. The first-order valence-electron chi connectivity index (χ1n) is 13.3. The quantitative estimate of drug-likeness (QED) is 0.120. The Balaban J connectivity index is 3.26. The maximum atomic E-state index is 3.79. The number of rotatable bonds is 23. The van der Waals surface area contributed by atoms with Crippen molar-refractivity contribution >= 4 is 0 Å². The first-order valence-corrected chi connectivity index (χ1v) is 13.3. The average Bonchev–Trinajstić information content (AvgIpc) is 2.69. The minimum Gasteiger partial charge on any atom is -0.103 e. The summed E-state index contributed by atoms with van der Waals surface area (Å²) in [4.78, 5) is 0. The molecule has 28 heavy (non-hydrogen) atoms. The minimum atomic E-state index is 0.954. The van der Waals surface area contributed by atoms with Crippen LogP contribution in [0.2, 0.25) is 0 Å². The molecule has 0 aromatic heterocycles. The van der Waals surface area contributed by atoms with E-state index in [0.717, 1.165) is 11.8 Å². The molecule has 0 amide bonds. The molecule has 0 heteroatoms. The lowest BCUT2D eigenvalue weighted by atomic mass is 9.93. The predicted molar refractivity (Wildman–Crippen MR) is 131 cm³/mol. The van der Waals surface area contributed by atoms with Crippen LogP contribution in [0.15, 0.2) is 12.7 Å². The highest BCUT2D eigenvalue weighted by molar-refractivity contribution is 4.65. The molecule has 0 aliphatic heterocycles. The average molecular weight is 393 g/mol. The molecule has 2 atom stereocenters. The molecule has 0 aliphatic rings. The van der Waals surface area contributed by atoms with Crippen molar-refractivity contribution in [1.82, 2.24) is 0 Å². The summed E-state index contributed by atoms with van der Waals surface area (Å²) in [5.74, 6) is 1.91. The molecule has 0 aromatic carbocycles. The summed E-state index contributed by atoms with van der Waals surface area (Å²) in [5, 5.41) is 0. The Kier molecular flexibility index (Phi) is 22.8. The molecule has 2 unspecified atom stereocenters. The van der Waals surface area contributed by atoms with Crippen molar-refractivity contribution in [3.05, 3.63) is 12.7 Å². The maximum absolute atomic E-state index is 3.79. The smallest absolute Gasteiger partial charge is 0.0353 e. The third-order valence-electron chi connectivity index (χ3n) is 6.55. The van der Waals surface area contributed by atoms with Crippen LogP contribution in [-0.2, 0) is 0 Å². The molecular weight excluding hydrogens is 336 g/mol. The van der Waals surface area contributed by atoms with Gasteiger partial charge >= 0.3 is 0 Å². The highest BCUT2D eigenvalue weighted by atomic mass is 14.1. The normalized spacial score (nSPS) is 13.5. The van der Waals surface area contributed by atoms with Crippen LogP contribution >= 0.6 is 0 Å². The topological polar surface area (TPSA) is 0 Å². The van der Waals surface area contributed by atoms with E-state index in [-0.39, 0.29) is 0 Å². The molecule has 0 aromatic rings. The van der Waals surface area contributed by atoms with Gasteiger partial charge in [0, 0.05) is 0 Å². The van der Waals surface area contributed by atoms with Gasteiger partial charge in [0.25, 0.3) is 0 Å². The van der Waals surface area contributed by atoms with Crippen molar-refractivity contribution in [3.8, 4) is 0 Å². The van der Waals surface area contributed by atoms with Crippen molar-refractivity contribution in [2.24, 2.45) is 11.8 Å². The van der Waals surface area contributed by atoms with E-state index >= 15 is 0 Å². The van der Waals surface area contributed by atoms with Crippen LogP contribution in [0.5, 0.6) is 0 Å². The second-order valence-electron chi connectivity index (χ2n) is 9.75. The van der Waals surface area contributed by atoms with E-state index in [1.54, 1.807) is 0 Å².